The van der Waals surface area contributed by atoms with Crippen LogP contribution in [0.25, 0.3) is 11.1 Å². The zero-order chi connectivity index (χ0) is 15.2. The summed E-state index contributed by atoms with van der Waals surface area (Å²) in [4.78, 5) is 4.27. The first-order valence-corrected chi connectivity index (χ1v) is 7.16. The number of aryl methyl sites for hydroxylation is 2. The third-order valence-electron chi connectivity index (χ3n) is 3.72. The lowest BCUT2D eigenvalue weighted by Crippen LogP contribution is -1.92. The van der Waals surface area contributed by atoms with Crippen LogP contribution in [0.1, 0.15) is 17.2 Å². The molecule has 2 heteroatoms. The molecule has 108 valence electrons. The number of benzene rings is 2. The van der Waals surface area contributed by atoms with E-state index in [1.165, 1.54) is 16.8 Å². The molecule has 0 aliphatic rings. The second-order valence-electron chi connectivity index (χ2n) is 5.12. The molecule has 0 fully saturated rings. The smallest absolute Gasteiger partial charge is 0.105 e. The van der Waals surface area contributed by atoms with E-state index < -0.39 is 0 Å². The highest BCUT2D eigenvalue weighted by atomic mass is 15.1. The minimum atomic E-state index is 1.09. The van der Waals surface area contributed by atoms with E-state index in [1.54, 1.807) is 0 Å². The Kier molecular flexibility index (Phi) is 4.94. The predicted molar refractivity (Wildman–Crippen MR) is 89.3 cm³/mol. The average Bonchev–Trinajstić information content (AvgIpc) is 2.76. The van der Waals surface area contributed by atoms with E-state index in [-0.39, 0.29) is 0 Å². The molecule has 2 nitrogen and oxygen atoms in total. The van der Waals surface area contributed by atoms with Crippen LogP contribution in [0.2, 0.25) is 0 Å². The van der Waals surface area contributed by atoms with Gasteiger partial charge < -0.3 is 4.57 Å². The van der Waals surface area contributed by atoms with Gasteiger partial charge >= 0.3 is 0 Å². The number of hydrogen-bond acceptors (Lipinski definition) is 1. The van der Waals surface area contributed by atoms with Crippen molar-refractivity contribution in [2.75, 3.05) is 0 Å². The van der Waals surface area contributed by atoms with Crippen LogP contribution < -0.4 is 0 Å². The molecule has 0 aliphatic heterocycles. The van der Waals surface area contributed by atoms with Gasteiger partial charge in [0.1, 0.15) is 5.82 Å². The molecule has 3 aromatic rings. The van der Waals surface area contributed by atoms with E-state index >= 15 is 0 Å². The lowest BCUT2D eigenvalue weighted by molar-refractivity contribution is 0.827. The van der Waals surface area contributed by atoms with E-state index in [9.17, 15) is 0 Å². The van der Waals surface area contributed by atoms with Crippen molar-refractivity contribution in [1.82, 2.24) is 9.55 Å². The summed E-state index contributed by atoms with van der Waals surface area (Å²) in [7, 11) is 2.03. The lowest BCUT2D eigenvalue weighted by atomic mass is 10.1. The SMILES string of the molecule is Cc1nc(C)n(C)c1C.c1ccc(-c2ccccc2)cc1. The van der Waals surface area contributed by atoms with Crippen molar-refractivity contribution in [3.63, 3.8) is 0 Å². The molecule has 0 saturated heterocycles. The molecular weight excluding hydrogens is 256 g/mol. The Labute approximate surface area is 127 Å². The largest absolute Gasteiger partial charge is 0.335 e. The normalized spacial score (nSPS) is 9.90. The van der Waals surface area contributed by atoms with Crippen molar-refractivity contribution in [3.05, 3.63) is 77.9 Å². The Morgan fingerprint density at radius 2 is 1.14 bits per heavy atom. The first kappa shape index (κ1) is 15.0. The van der Waals surface area contributed by atoms with Gasteiger partial charge in [0.25, 0.3) is 0 Å². The number of hydrogen-bond donors (Lipinski definition) is 0. The van der Waals surface area contributed by atoms with Crippen LogP contribution in [-0.4, -0.2) is 9.55 Å². The molecule has 2 aromatic carbocycles. The van der Waals surface area contributed by atoms with E-state index in [0.717, 1.165) is 11.5 Å². The maximum atomic E-state index is 4.27. The van der Waals surface area contributed by atoms with Gasteiger partial charge in [0.2, 0.25) is 0 Å². The summed E-state index contributed by atoms with van der Waals surface area (Å²) < 4.78 is 2.09. The summed E-state index contributed by atoms with van der Waals surface area (Å²) in [6, 6.07) is 20.8. The van der Waals surface area contributed by atoms with Crippen LogP contribution in [0.5, 0.6) is 0 Å². The molecule has 0 radical (unpaired) electrons. The topological polar surface area (TPSA) is 17.8 Å². The zero-order valence-corrected chi connectivity index (χ0v) is 13.2. The molecule has 1 aromatic heterocycles. The molecule has 0 N–H and O–H groups in total. The summed E-state index contributed by atoms with van der Waals surface area (Å²) >= 11 is 0. The van der Waals surface area contributed by atoms with Crippen molar-refractivity contribution in [2.24, 2.45) is 7.05 Å². The maximum Gasteiger partial charge on any atom is 0.105 e. The number of nitrogens with zero attached hydrogens (tertiary/aromatic N) is 2. The average molecular weight is 278 g/mol. The van der Waals surface area contributed by atoms with E-state index in [0.29, 0.717) is 0 Å². The van der Waals surface area contributed by atoms with Crippen molar-refractivity contribution >= 4 is 0 Å². The van der Waals surface area contributed by atoms with Crippen LogP contribution in [0.15, 0.2) is 60.7 Å². The van der Waals surface area contributed by atoms with Crippen LogP contribution in [0.3, 0.4) is 0 Å². The Morgan fingerprint density at radius 1 is 0.714 bits per heavy atom. The van der Waals surface area contributed by atoms with Gasteiger partial charge in [0.05, 0.1) is 5.69 Å². The fourth-order valence-electron chi connectivity index (χ4n) is 2.15. The van der Waals surface area contributed by atoms with Gasteiger partial charge in [0.15, 0.2) is 0 Å². The minimum Gasteiger partial charge on any atom is -0.335 e. The van der Waals surface area contributed by atoms with E-state index in [4.69, 9.17) is 0 Å². The van der Waals surface area contributed by atoms with Crippen molar-refractivity contribution in [3.8, 4) is 11.1 Å². The second-order valence-corrected chi connectivity index (χ2v) is 5.12. The molecule has 0 saturated carbocycles. The molecule has 0 amide bonds. The number of rotatable bonds is 1. The van der Waals surface area contributed by atoms with Crippen LogP contribution in [-0.2, 0) is 7.05 Å². The van der Waals surface area contributed by atoms with Gasteiger partial charge in [-0.2, -0.15) is 0 Å². The van der Waals surface area contributed by atoms with Gasteiger partial charge in [0, 0.05) is 12.7 Å². The van der Waals surface area contributed by atoms with E-state index in [2.05, 4.69) is 65.0 Å². The highest BCUT2D eigenvalue weighted by molar-refractivity contribution is 5.62. The van der Waals surface area contributed by atoms with Gasteiger partial charge in [-0.15, -0.1) is 0 Å². The quantitative estimate of drug-likeness (QED) is 0.631. The first-order chi connectivity index (χ1) is 10.1. The standard InChI is InChI=1S/C12H10.C7H12N2/c1-3-7-11(8-4-1)12-9-5-2-6-10-12;1-5-6(2)9(4)7(3)8-5/h1-10H;1-4H3. The van der Waals surface area contributed by atoms with Crippen molar-refractivity contribution in [2.45, 2.75) is 20.8 Å². The fraction of sp³-hybridized carbons (Fsp3) is 0.211. The monoisotopic (exact) mass is 278 g/mol. The van der Waals surface area contributed by atoms with Gasteiger partial charge in [-0.25, -0.2) is 4.98 Å². The molecule has 0 bridgehead atoms. The lowest BCUT2D eigenvalue weighted by Gasteiger charge is -1.98. The van der Waals surface area contributed by atoms with Gasteiger partial charge in [-0.1, -0.05) is 60.7 Å². The highest BCUT2D eigenvalue weighted by Gasteiger charge is 2.00. The Hall–Kier alpha value is -2.35. The Bertz CT molecular complexity index is 622. The predicted octanol–water partition coefficient (Wildman–Crippen LogP) is 4.70. The third-order valence-corrected chi connectivity index (χ3v) is 3.72. The third kappa shape index (κ3) is 3.82. The van der Waals surface area contributed by atoms with Crippen molar-refractivity contribution < 1.29 is 0 Å². The minimum absolute atomic E-state index is 1.09. The van der Waals surface area contributed by atoms with Gasteiger partial charge in [-0.3, -0.25) is 0 Å². The highest BCUT2D eigenvalue weighted by Crippen LogP contribution is 2.17. The first-order valence-electron chi connectivity index (χ1n) is 7.16. The number of aromatic nitrogens is 2. The number of imidazole rings is 1. The van der Waals surface area contributed by atoms with Crippen LogP contribution >= 0.6 is 0 Å². The zero-order valence-electron chi connectivity index (χ0n) is 13.2. The summed E-state index contributed by atoms with van der Waals surface area (Å²) in [6.45, 7) is 6.12. The molecule has 0 spiro atoms. The van der Waals surface area contributed by atoms with Crippen LogP contribution in [0.4, 0.5) is 0 Å². The fourth-order valence-corrected chi connectivity index (χ4v) is 2.15. The maximum absolute atomic E-state index is 4.27. The van der Waals surface area contributed by atoms with Crippen molar-refractivity contribution in [1.29, 1.82) is 0 Å². The molecule has 0 atom stereocenters. The second kappa shape index (κ2) is 6.89. The summed E-state index contributed by atoms with van der Waals surface area (Å²) in [5, 5.41) is 0. The Balaban J connectivity index is 0.000000161. The molecule has 3 rings (SSSR count). The van der Waals surface area contributed by atoms with E-state index in [1.807, 2.05) is 33.0 Å². The molecule has 0 aliphatic carbocycles. The summed E-state index contributed by atoms with van der Waals surface area (Å²) in [5.41, 5.74) is 4.94. The molecule has 0 unspecified atom stereocenters. The molecule has 21 heavy (non-hydrogen) atoms. The Morgan fingerprint density at radius 3 is 1.38 bits per heavy atom. The summed E-state index contributed by atoms with van der Waals surface area (Å²) in [6.07, 6.45) is 0. The van der Waals surface area contributed by atoms with Crippen LogP contribution in [0, 0.1) is 20.8 Å². The molecular formula is C19H22N2. The summed E-state index contributed by atoms with van der Waals surface area (Å²) in [5.74, 6) is 1.09. The molecule has 1 heterocycles. The van der Waals surface area contributed by atoms with Gasteiger partial charge in [-0.05, 0) is 31.9 Å².